The number of hydrogen-bond acceptors (Lipinski definition) is 3. The molecule has 0 aliphatic rings. The van der Waals surface area contributed by atoms with E-state index in [1.807, 2.05) is 45.2 Å². The van der Waals surface area contributed by atoms with E-state index in [1.165, 1.54) is 0 Å². The molecule has 0 fully saturated rings. The highest BCUT2D eigenvalue weighted by atomic mass is 16.2. The molecular formula is C19H25N5O. The molecule has 6 nitrogen and oxygen atoms in total. The second-order valence-electron chi connectivity index (χ2n) is 6.37. The van der Waals surface area contributed by atoms with Gasteiger partial charge in [-0.2, -0.15) is 0 Å². The number of nitrogens with zero attached hydrogens (tertiary/aromatic N) is 4. The normalized spacial score (nSPS) is 12.5. The predicted octanol–water partition coefficient (Wildman–Crippen LogP) is 3.24. The smallest absolute Gasteiger partial charge is 0.245 e. The summed E-state index contributed by atoms with van der Waals surface area (Å²) in [6.45, 7) is 6.54. The van der Waals surface area contributed by atoms with E-state index in [1.54, 1.807) is 11.1 Å². The summed E-state index contributed by atoms with van der Waals surface area (Å²) in [6.07, 6.45) is 3.29. The van der Waals surface area contributed by atoms with Crippen molar-refractivity contribution in [2.24, 2.45) is 0 Å². The molecule has 0 bridgehead atoms. The summed E-state index contributed by atoms with van der Waals surface area (Å²) in [6, 6.07) is 7.74. The number of aromatic amines is 1. The number of likely N-dealkylation sites (N-methyl/N-ethyl adjacent to an activating group) is 1. The third kappa shape index (κ3) is 3.29. The zero-order valence-electron chi connectivity index (χ0n) is 15.3. The SMILES string of the molecule is CCc1nc2ccccc2n1[C@@H](CC)C(=O)N(C)Cc1ncc(C)[nH]1. The van der Waals surface area contributed by atoms with E-state index in [-0.39, 0.29) is 11.9 Å². The molecule has 25 heavy (non-hydrogen) atoms. The van der Waals surface area contributed by atoms with Gasteiger partial charge in [-0.15, -0.1) is 0 Å². The van der Waals surface area contributed by atoms with Crippen LogP contribution in [0.2, 0.25) is 0 Å². The number of imidazole rings is 2. The number of carbonyl (C=O) groups is 1. The van der Waals surface area contributed by atoms with E-state index < -0.39 is 0 Å². The Morgan fingerprint density at radius 3 is 2.72 bits per heavy atom. The largest absolute Gasteiger partial charge is 0.345 e. The van der Waals surface area contributed by atoms with Crippen molar-refractivity contribution in [3.05, 3.63) is 47.8 Å². The number of aromatic nitrogens is 4. The summed E-state index contributed by atoms with van der Waals surface area (Å²) >= 11 is 0. The summed E-state index contributed by atoms with van der Waals surface area (Å²) in [5.41, 5.74) is 2.95. The minimum Gasteiger partial charge on any atom is -0.345 e. The lowest BCUT2D eigenvalue weighted by Gasteiger charge is -2.25. The maximum Gasteiger partial charge on any atom is 0.245 e. The van der Waals surface area contributed by atoms with Crippen LogP contribution in [0.3, 0.4) is 0 Å². The van der Waals surface area contributed by atoms with Crippen LogP contribution in [0.15, 0.2) is 30.5 Å². The van der Waals surface area contributed by atoms with Crippen LogP contribution in [0.25, 0.3) is 11.0 Å². The Labute approximate surface area is 147 Å². The van der Waals surface area contributed by atoms with Gasteiger partial charge in [-0.1, -0.05) is 26.0 Å². The molecule has 132 valence electrons. The number of H-pyrrole nitrogens is 1. The molecule has 0 aliphatic carbocycles. The standard InChI is InChI=1S/C19H25N5O/c1-5-15(19(25)23(4)12-17-20-11-13(3)21-17)24-16-10-8-7-9-14(16)22-18(24)6-2/h7-11,15H,5-6,12H2,1-4H3,(H,20,21)/t15-/m0/s1. The summed E-state index contributed by atoms with van der Waals surface area (Å²) in [5.74, 6) is 1.83. The zero-order chi connectivity index (χ0) is 18.0. The average molecular weight is 339 g/mol. The lowest BCUT2D eigenvalue weighted by Crippen LogP contribution is -2.34. The van der Waals surface area contributed by atoms with Gasteiger partial charge in [-0.05, 0) is 25.5 Å². The summed E-state index contributed by atoms with van der Waals surface area (Å²) < 4.78 is 2.10. The van der Waals surface area contributed by atoms with Crippen LogP contribution in [0, 0.1) is 6.92 Å². The van der Waals surface area contributed by atoms with Crippen LogP contribution < -0.4 is 0 Å². The van der Waals surface area contributed by atoms with Gasteiger partial charge in [0.15, 0.2) is 0 Å². The van der Waals surface area contributed by atoms with Gasteiger partial charge < -0.3 is 14.5 Å². The van der Waals surface area contributed by atoms with Gasteiger partial charge in [-0.3, -0.25) is 4.79 Å². The van der Waals surface area contributed by atoms with Crippen LogP contribution in [-0.4, -0.2) is 37.4 Å². The summed E-state index contributed by atoms with van der Waals surface area (Å²) in [4.78, 5) is 27.1. The molecule has 0 unspecified atom stereocenters. The lowest BCUT2D eigenvalue weighted by atomic mass is 10.1. The number of aryl methyl sites for hydroxylation is 2. The van der Waals surface area contributed by atoms with E-state index in [4.69, 9.17) is 4.98 Å². The Bertz CT molecular complexity index is 879. The number of hydrogen-bond donors (Lipinski definition) is 1. The van der Waals surface area contributed by atoms with Gasteiger partial charge in [-0.25, -0.2) is 9.97 Å². The first-order valence-electron chi connectivity index (χ1n) is 8.76. The first-order valence-corrected chi connectivity index (χ1v) is 8.76. The Morgan fingerprint density at radius 1 is 1.32 bits per heavy atom. The fraction of sp³-hybridized carbons (Fsp3) is 0.421. The molecule has 1 N–H and O–H groups in total. The third-order valence-corrected chi connectivity index (χ3v) is 4.49. The van der Waals surface area contributed by atoms with Gasteiger partial charge in [0.25, 0.3) is 0 Å². The zero-order valence-corrected chi connectivity index (χ0v) is 15.3. The second-order valence-corrected chi connectivity index (χ2v) is 6.37. The highest BCUT2D eigenvalue weighted by Gasteiger charge is 2.26. The molecule has 0 saturated heterocycles. The number of para-hydroxylation sites is 2. The van der Waals surface area contributed by atoms with Gasteiger partial charge in [0.05, 0.1) is 17.6 Å². The van der Waals surface area contributed by atoms with Crippen molar-refractivity contribution in [3.8, 4) is 0 Å². The molecule has 2 aromatic heterocycles. The molecule has 0 radical (unpaired) electrons. The monoisotopic (exact) mass is 339 g/mol. The molecule has 6 heteroatoms. The van der Waals surface area contributed by atoms with Crippen LogP contribution in [0.5, 0.6) is 0 Å². The predicted molar refractivity (Wildman–Crippen MR) is 98.2 cm³/mol. The molecule has 1 aromatic carbocycles. The van der Waals surface area contributed by atoms with Gasteiger partial charge >= 0.3 is 0 Å². The first-order chi connectivity index (χ1) is 12.0. The van der Waals surface area contributed by atoms with Crippen molar-refractivity contribution >= 4 is 16.9 Å². The molecule has 1 amide bonds. The van der Waals surface area contributed by atoms with Crippen molar-refractivity contribution in [1.29, 1.82) is 0 Å². The Kier molecular flexibility index (Phi) is 4.88. The van der Waals surface area contributed by atoms with Gasteiger partial charge in [0, 0.05) is 25.4 Å². The van der Waals surface area contributed by atoms with E-state index in [0.29, 0.717) is 13.0 Å². The van der Waals surface area contributed by atoms with Crippen LogP contribution in [0.4, 0.5) is 0 Å². The van der Waals surface area contributed by atoms with E-state index in [2.05, 4.69) is 21.5 Å². The van der Waals surface area contributed by atoms with Crippen molar-refractivity contribution in [2.45, 2.75) is 46.2 Å². The van der Waals surface area contributed by atoms with Crippen molar-refractivity contribution in [3.63, 3.8) is 0 Å². The van der Waals surface area contributed by atoms with Crippen molar-refractivity contribution in [1.82, 2.24) is 24.4 Å². The minimum absolute atomic E-state index is 0.0782. The van der Waals surface area contributed by atoms with Crippen LogP contribution >= 0.6 is 0 Å². The fourth-order valence-electron chi connectivity index (χ4n) is 3.26. The summed E-state index contributed by atoms with van der Waals surface area (Å²) in [5, 5.41) is 0. The topological polar surface area (TPSA) is 66.8 Å². The van der Waals surface area contributed by atoms with E-state index >= 15 is 0 Å². The summed E-state index contributed by atoms with van der Waals surface area (Å²) in [7, 11) is 1.83. The Morgan fingerprint density at radius 2 is 2.08 bits per heavy atom. The number of fused-ring (bicyclic) bond motifs is 1. The van der Waals surface area contributed by atoms with Crippen LogP contribution in [-0.2, 0) is 17.8 Å². The van der Waals surface area contributed by atoms with E-state index in [0.717, 1.165) is 34.8 Å². The Balaban J connectivity index is 1.92. The molecule has 1 atom stereocenters. The van der Waals surface area contributed by atoms with Crippen molar-refractivity contribution in [2.75, 3.05) is 7.05 Å². The first kappa shape index (κ1) is 17.2. The molecule has 0 saturated carbocycles. The Hall–Kier alpha value is -2.63. The number of amides is 1. The van der Waals surface area contributed by atoms with E-state index in [9.17, 15) is 4.79 Å². The fourth-order valence-corrected chi connectivity index (χ4v) is 3.26. The number of rotatable bonds is 6. The number of benzene rings is 1. The molecule has 0 aliphatic heterocycles. The maximum absolute atomic E-state index is 13.1. The quantitative estimate of drug-likeness (QED) is 0.750. The second kappa shape index (κ2) is 7.09. The van der Waals surface area contributed by atoms with Crippen LogP contribution in [0.1, 0.15) is 43.7 Å². The minimum atomic E-state index is -0.261. The third-order valence-electron chi connectivity index (χ3n) is 4.49. The molecule has 0 spiro atoms. The highest BCUT2D eigenvalue weighted by Crippen LogP contribution is 2.25. The lowest BCUT2D eigenvalue weighted by molar-refractivity contribution is -0.134. The van der Waals surface area contributed by atoms with Crippen molar-refractivity contribution < 1.29 is 4.79 Å². The molecule has 2 heterocycles. The maximum atomic E-state index is 13.1. The highest BCUT2D eigenvalue weighted by molar-refractivity contribution is 5.84. The average Bonchev–Trinajstić information content (AvgIpc) is 3.19. The molecular weight excluding hydrogens is 314 g/mol. The number of nitrogens with one attached hydrogen (secondary N) is 1. The van der Waals surface area contributed by atoms with Gasteiger partial charge in [0.2, 0.25) is 5.91 Å². The number of carbonyl (C=O) groups excluding carboxylic acids is 1. The molecule has 3 aromatic rings. The molecule has 3 rings (SSSR count). The van der Waals surface area contributed by atoms with Gasteiger partial charge in [0.1, 0.15) is 17.7 Å².